The van der Waals surface area contributed by atoms with Crippen molar-refractivity contribution in [2.45, 2.75) is 32.3 Å². The summed E-state index contributed by atoms with van der Waals surface area (Å²) in [4.78, 5) is 22.0. The monoisotopic (exact) mass is 172 g/mol. The highest BCUT2D eigenvalue weighted by atomic mass is 16.6. The fourth-order valence-corrected chi connectivity index (χ4v) is 1.48. The van der Waals surface area contributed by atoms with Crippen LogP contribution in [0.25, 0.3) is 0 Å². The van der Waals surface area contributed by atoms with Crippen LogP contribution in [-0.4, -0.2) is 22.6 Å². The molecule has 1 rings (SSSR count). The Morgan fingerprint density at radius 2 is 2.08 bits per heavy atom. The van der Waals surface area contributed by atoms with E-state index in [4.69, 9.17) is 0 Å². The van der Waals surface area contributed by atoms with E-state index in [-0.39, 0.29) is 6.42 Å². The molecule has 0 aromatic heterocycles. The van der Waals surface area contributed by atoms with Gasteiger partial charge in [0.1, 0.15) is 0 Å². The van der Waals surface area contributed by atoms with E-state index in [1.807, 2.05) is 0 Å². The Morgan fingerprint density at radius 1 is 1.50 bits per heavy atom. The average molecular weight is 172 g/mol. The molecule has 1 N–H and O–H groups in total. The third-order valence-corrected chi connectivity index (χ3v) is 2.36. The summed E-state index contributed by atoms with van der Waals surface area (Å²) in [6.45, 7) is 3.40. The van der Waals surface area contributed by atoms with Gasteiger partial charge in [-0.25, -0.2) is 4.79 Å². The van der Waals surface area contributed by atoms with Crippen molar-refractivity contribution in [3.8, 4) is 0 Å². The molecule has 1 saturated heterocycles. The molecule has 0 aromatic carbocycles. The number of carbonyl (C=O) groups excluding carboxylic acids is 2. The second-order valence-electron chi connectivity index (χ2n) is 2.95. The Labute approximate surface area is 70.5 Å². The molecule has 4 heteroatoms. The summed E-state index contributed by atoms with van der Waals surface area (Å²) in [5.41, 5.74) is -1.58. The van der Waals surface area contributed by atoms with Crippen LogP contribution >= 0.6 is 0 Å². The molecule has 0 spiro atoms. The molecule has 1 aliphatic rings. The zero-order chi connectivity index (χ0) is 9.35. The second-order valence-corrected chi connectivity index (χ2v) is 2.95. The minimum atomic E-state index is -1.58. The topological polar surface area (TPSA) is 63.6 Å². The summed E-state index contributed by atoms with van der Waals surface area (Å²) in [6.07, 6.45) is 0.644. The van der Waals surface area contributed by atoms with E-state index in [0.29, 0.717) is 6.42 Å². The quantitative estimate of drug-likeness (QED) is 0.478. The van der Waals surface area contributed by atoms with Crippen molar-refractivity contribution in [2.75, 3.05) is 0 Å². The van der Waals surface area contributed by atoms with Crippen molar-refractivity contribution in [2.24, 2.45) is 5.92 Å². The molecule has 0 bridgehead atoms. The van der Waals surface area contributed by atoms with E-state index in [1.54, 1.807) is 13.8 Å². The normalized spacial score (nSPS) is 35.4. The van der Waals surface area contributed by atoms with E-state index in [1.165, 1.54) is 0 Å². The average Bonchev–Trinajstić information content (AvgIpc) is 2.24. The first-order valence-electron chi connectivity index (χ1n) is 4.04. The SMILES string of the molecule is CCC1C(=O)OC(=O)C1(O)CC. The van der Waals surface area contributed by atoms with Crippen molar-refractivity contribution in [1.29, 1.82) is 0 Å². The number of carbonyl (C=O) groups is 2. The van der Waals surface area contributed by atoms with Crippen LogP contribution in [-0.2, 0) is 14.3 Å². The van der Waals surface area contributed by atoms with E-state index in [9.17, 15) is 14.7 Å². The van der Waals surface area contributed by atoms with Gasteiger partial charge in [0.25, 0.3) is 0 Å². The number of hydrogen-bond donors (Lipinski definition) is 1. The predicted octanol–water partition coefficient (Wildman–Crippen LogP) is 0.237. The summed E-state index contributed by atoms with van der Waals surface area (Å²) in [5.74, 6) is -2.09. The Kier molecular flexibility index (Phi) is 2.19. The largest absolute Gasteiger partial charge is 0.391 e. The van der Waals surface area contributed by atoms with Crippen molar-refractivity contribution in [3.05, 3.63) is 0 Å². The molecule has 1 heterocycles. The van der Waals surface area contributed by atoms with Gasteiger partial charge >= 0.3 is 11.9 Å². The molecule has 0 radical (unpaired) electrons. The molecule has 1 fully saturated rings. The summed E-state index contributed by atoms with van der Waals surface area (Å²) < 4.78 is 4.34. The lowest BCUT2D eigenvalue weighted by Gasteiger charge is -2.20. The molecule has 0 amide bonds. The minimum absolute atomic E-state index is 0.218. The molecule has 12 heavy (non-hydrogen) atoms. The van der Waals surface area contributed by atoms with Crippen LogP contribution in [0.1, 0.15) is 26.7 Å². The molecule has 2 atom stereocenters. The maximum Gasteiger partial charge on any atom is 0.346 e. The van der Waals surface area contributed by atoms with Crippen molar-refractivity contribution in [3.63, 3.8) is 0 Å². The molecule has 2 unspecified atom stereocenters. The molecule has 68 valence electrons. The summed E-state index contributed by atoms with van der Waals surface area (Å²) >= 11 is 0. The van der Waals surface area contributed by atoms with Crippen LogP contribution in [0.15, 0.2) is 0 Å². The lowest BCUT2D eigenvalue weighted by atomic mass is 9.86. The molecule has 4 nitrogen and oxygen atoms in total. The number of cyclic esters (lactones) is 2. The zero-order valence-corrected chi connectivity index (χ0v) is 7.16. The first kappa shape index (κ1) is 9.19. The van der Waals surface area contributed by atoms with Crippen molar-refractivity contribution < 1.29 is 19.4 Å². The lowest BCUT2D eigenvalue weighted by molar-refractivity contribution is -0.158. The van der Waals surface area contributed by atoms with Gasteiger partial charge in [0.2, 0.25) is 0 Å². The first-order valence-corrected chi connectivity index (χ1v) is 4.04. The van der Waals surface area contributed by atoms with Gasteiger partial charge in [-0.3, -0.25) is 4.79 Å². The highest BCUT2D eigenvalue weighted by Crippen LogP contribution is 2.32. The Balaban J connectivity index is 2.97. The number of ether oxygens (including phenoxy) is 1. The van der Waals surface area contributed by atoms with Gasteiger partial charge in [-0.1, -0.05) is 13.8 Å². The van der Waals surface area contributed by atoms with Crippen molar-refractivity contribution >= 4 is 11.9 Å². The maximum atomic E-state index is 11.0. The fourth-order valence-electron chi connectivity index (χ4n) is 1.48. The second kappa shape index (κ2) is 2.86. The van der Waals surface area contributed by atoms with Crippen molar-refractivity contribution in [1.82, 2.24) is 0 Å². The van der Waals surface area contributed by atoms with Crippen LogP contribution in [0.5, 0.6) is 0 Å². The van der Waals surface area contributed by atoms with Gasteiger partial charge in [0.05, 0.1) is 5.92 Å². The smallest absolute Gasteiger partial charge is 0.346 e. The third kappa shape index (κ3) is 1.03. The van der Waals surface area contributed by atoms with E-state index >= 15 is 0 Å². The molecule has 0 aliphatic carbocycles. The van der Waals surface area contributed by atoms with Gasteiger partial charge in [0.15, 0.2) is 5.60 Å². The molecular formula is C8H12O4. The third-order valence-electron chi connectivity index (χ3n) is 2.36. The number of hydrogen-bond acceptors (Lipinski definition) is 4. The summed E-state index contributed by atoms with van der Waals surface area (Å²) in [6, 6.07) is 0. The van der Waals surface area contributed by atoms with Crippen LogP contribution in [0.3, 0.4) is 0 Å². The fraction of sp³-hybridized carbons (Fsp3) is 0.750. The number of rotatable bonds is 2. The summed E-state index contributed by atoms with van der Waals surface area (Å²) in [5, 5.41) is 9.70. The minimum Gasteiger partial charge on any atom is -0.391 e. The molecule has 0 saturated carbocycles. The van der Waals surface area contributed by atoms with Gasteiger partial charge in [-0.2, -0.15) is 0 Å². The predicted molar refractivity (Wildman–Crippen MR) is 40.1 cm³/mol. The van der Waals surface area contributed by atoms with Crippen LogP contribution in [0.4, 0.5) is 0 Å². The van der Waals surface area contributed by atoms with Crippen LogP contribution < -0.4 is 0 Å². The Morgan fingerprint density at radius 3 is 2.42 bits per heavy atom. The Hall–Kier alpha value is -0.900. The highest BCUT2D eigenvalue weighted by Gasteiger charge is 2.54. The van der Waals surface area contributed by atoms with E-state index < -0.39 is 23.5 Å². The number of esters is 2. The van der Waals surface area contributed by atoms with E-state index in [0.717, 1.165) is 0 Å². The van der Waals surface area contributed by atoms with E-state index in [2.05, 4.69) is 4.74 Å². The standard InChI is InChI=1S/C8H12O4/c1-3-5-6(9)12-7(10)8(5,11)4-2/h5,11H,3-4H2,1-2H3. The van der Waals surface area contributed by atoms with Gasteiger partial charge in [-0.15, -0.1) is 0 Å². The van der Waals surface area contributed by atoms with Crippen LogP contribution in [0.2, 0.25) is 0 Å². The van der Waals surface area contributed by atoms with Crippen LogP contribution in [0, 0.1) is 5.92 Å². The lowest BCUT2D eigenvalue weighted by Crippen LogP contribution is -2.40. The van der Waals surface area contributed by atoms with Gasteiger partial charge in [-0.05, 0) is 12.8 Å². The first-order chi connectivity index (χ1) is 5.56. The zero-order valence-electron chi connectivity index (χ0n) is 7.16. The molecule has 0 aromatic rings. The maximum absolute atomic E-state index is 11.0. The Bertz CT molecular complexity index is 223. The summed E-state index contributed by atoms with van der Waals surface area (Å²) in [7, 11) is 0. The van der Waals surface area contributed by atoms with Gasteiger partial charge in [0, 0.05) is 0 Å². The van der Waals surface area contributed by atoms with Gasteiger partial charge < -0.3 is 9.84 Å². The molecule has 1 aliphatic heterocycles. The number of aliphatic hydroxyl groups is 1. The molecular weight excluding hydrogens is 160 g/mol. The highest BCUT2D eigenvalue weighted by molar-refractivity contribution is 6.00.